The van der Waals surface area contributed by atoms with Crippen LogP contribution in [0.15, 0.2) is 71.6 Å². The number of ether oxygens (including phenoxy) is 2. The first-order chi connectivity index (χ1) is 16.9. The summed E-state index contributed by atoms with van der Waals surface area (Å²) in [5.41, 5.74) is 2.95. The number of amides is 1. The Hall–Kier alpha value is -3.52. The Kier molecular flexibility index (Phi) is 6.15. The summed E-state index contributed by atoms with van der Waals surface area (Å²) < 4.78 is 39.4. The van der Waals surface area contributed by atoms with Crippen molar-refractivity contribution in [3.8, 4) is 11.5 Å². The second kappa shape index (κ2) is 9.26. The number of nitrogens with zero attached hydrogens (tertiary/aromatic N) is 2. The number of anilines is 1. The molecule has 0 radical (unpaired) electrons. The molecule has 0 saturated carbocycles. The van der Waals surface area contributed by atoms with Crippen LogP contribution < -0.4 is 13.8 Å². The van der Waals surface area contributed by atoms with E-state index < -0.39 is 10.0 Å². The van der Waals surface area contributed by atoms with Crippen molar-refractivity contribution in [2.45, 2.75) is 30.2 Å². The number of rotatable bonds is 6. The molecule has 3 aromatic carbocycles. The van der Waals surface area contributed by atoms with Gasteiger partial charge in [-0.25, -0.2) is 8.42 Å². The van der Waals surface area contributed by atoms with Crippen molar-refractivity contribution in [2.75, 3.05) is 31.6 Å². The van der Waals surface area contributed by atoms with E-state index in [0.29, 0.717) is 42.3 Å². The fraction of sp³-hybridized carbons (Fsp3) is 0.296. The third kappa shape index (κ3) is 4.12. The first-order valence-corrected chi connectivity index (χ1v) is 13.1. The van der Waals surface area contributed by atoms with E-state index in [4.69, 9.17) is 9.47 Å². The molecule has 1 saturated heterocycles. The normalized spacial score (nSPS) is 17.4. The second-order valence-electron chi connectivity index (χ2n) is 8.75. The highest BCUT2D eigenvalue weighted by molar-refractivity contribution is 7.92. The molecule has 2 aliphatic heterocycles. The number of likely N-dealkylation sites (tertiary alicyclic amines) is 1. The van der Waals surface area contributed by atoms with Crippen LogP contribution in [0.2, 0.25) is 0 Å². The molecule has 0 spiro atoms. The molecule has 8 heteroatoms. The molecule has 2 aliphatic rings. The number of fused-ring (bicyclic) bond motifs is 1. The Balaban J connectivity index is 1.46. The highest BCUT2D eigenvalue weighted by atomic mass is 32.2. The zero-order valence-corrected chi connectivity index (χ0v) is 20.6. The van der Waals surface area contributed by atoms with Crippen LogP contribution in [0.5, 0.6) is 11.5 Å². The molecule has 0 aromatic heterocycles. The minimum atomic E-state index is -3.79. The van der Waals surface area contributed by atoms with E-state index in [2.05, 4.69) is 0 Å². The lowest BCUT2D eigenvalue weighted by atomic mass is 10.0. The predicted octanol–water partition coefficient (Wildman–Crippen LogP) is 4.43. The molecule has 0 N–H and O–H groups in total. The van der Waals surface area contributed by atoms with Crippen molar-refractivity contribution < 1.29 is 22.7 Å². The molecule has 1 atom stereocenters. The van der Waals surface area contributed by atoms with Gasteiger partial charge in [-0.1, -0.05) is 24.3 Å². The van der Waals surface area contributed by atoms with Gasteiger partial charge in [-0.15, -0.1) is 0 Å². The van der Waals surface area contributed by atoms with E-state index >= 15 is 0 Å². The zero-order valence-electron chi connectivity index (χ0n) is 19.8. The molecule has 7 nitrogen and oxygen atoms in total. The van der Waals surface area contributed by atoms with Crippen molar-refractivity contribution in [3.63, 3.8) is 0 Å². The van der Waals surface area contributed by atoms with Crippen molar-refractivity contribution in [2.24, 2.45) is 0 Å². The first-order valence-electron chi connectivity index (χ1n) is 11.7. The maximum atomic E-state index is 13.6. The topological polar surface area (TPSA) is 76.1 Å². The largest absolute Gasteiger partial charge is 0.497 e. The number of para-hydroxylation sites is 1. The predicted molar refractivity (Wildman–Crippen MR) is 134 cm³/mol. The summed E-state index contributed by atoms with van der Waals surface area (Å²) >= 11 is 0. The Morgan fingerprint density at radius 3 is 2.57 bits per heavy atom. The fourth-order valence-electron chi connectivity index (χ4n) is 5.07. The van der Waals surface area contributed by atoms with Crippen LogP contribution in [0.4, 0.5) is 5.69 Å². The summed E-state index contributed by atoms with van der Waals surface area (Å²) in [5.74, 6) is 1.19. The van der Waals surface area contributed by atoms with E-state index in [1.165, 1.54) is 10.4 Å². The molecule has 0 unspecified atom stereocenters. The number of carbonyl (C=O) groups excluding carboxylic acids is 1. The fourth-order valence-corrected chi connectivity index (χ4v) is 6.62. The maximum Gasteiger partial charge on any atom is 0.264 e. The molecule has 2 heterocycles. The first kappa shape index (κ1) is 23.2. The SMILES string of the molecule is COc1ccc(OC)c([C@H]2CCCN2C(=O)c2cccc(S(=O)(=O)N3CCc4ccccc43)c2)c1. The second-order valence-corrected chi connectivity index (χ2v) is 10.6. The van der Waals surface area contributed by atoms with Crippen LogP contribution in [0, 0.1) is 0 Å². The lowest BCUT2D eigenvalue weighted by Crippen LogP contribution is -2.32. The Bertz CT molecular complexity index is 1370. The van der Waals surface area contributed by atoms with Gasteiger partial charge in [0.05, 0.1) is 30.8 Å². The van der Waals surface area contributed by atoms with Crippen LogP contribution in [-0.2, 0) is 16.4 Å². The average Bonchev–Trinajstić information content (AvgIpc) is 3.56. The van der Waals surface area contributed by atoms with E-state index in [-0.39, 0.29) is 16.8 Å². The zero-order chi connectivity index (χ0) is 24.6. The Morgan fingerprint density at radius 1 is 0.943 bits per heavy atom. The minimum absolute atomic E-state index is 0.120. The van der Waals surface area contributed by atoms with Gasteiger partial charge in [-0.2, -0.15) is 0 Å². The van der Waals surface area contributed by atoms with Crippen molar-refractivity contribution in [1.29, 1.82) is 0 Å². The molecule has 35 heavy (non-hydrogen) atoms. The molecule has 0 bridgehead atoms. The van der Waals surface area contributed by atoms with Gasteiger partial charge in [-0.3, -0.25) is 9.10 Å². The lowest BCUT2D eigenvalue weighted by Gasteiger charge is -2.27. The number of carbonyl (C=O) groups is 1. The molecule has 3 aromatic rings. The highest BCUT2D eigenvalue weighted by Crippen LogP contribution is 2.40. The Labute approximate surface area is 205 Å². The standard InChI is InChI=1S/C27H28N2O5S/c1-33-21-12-13-26(34-2)23(18-21)25-11-6-15-28(25)27(30)20-8-5-9-22(17-20)35(31,32)29-16-14-19-7-3-4-10-24(19)29/h3-5,7-10,12-13,17-18,25H,6,11,14-16H2,1-2H3/t25-/m1/s1. The number of sulfonamides is 1. The monoisotopic (exact) mass is 492 g/mol. The molecule has 1 fully saturated rings. The van der Waals surface area contributed by atoms with Gasteiger partial charge in [-0.05, 0) is 67.3 Å². The third-order valence-electron chi connectivity index (χ3n) is 6.82. The lowest BCUT2D eigenvalue weighted by molar-refractivity contribution is 0.0733. The van der Waals surface area contributed by atoms with Crippen LogP contribution in [0.25, 0.3) is 0 Å². The number of benzene rings is 3. The van der Waals surface area contributed by atoms with Crippen molar-refractivity contribution >= 4 is 21.6 Å². The number of methoxy groups -OCH3 is 2. The summed E-state index contributed by atoms with van der Waals surface area (Å²) in [6.45, 7) is 0.976. The third-order valence-corrected chi connectivity index (χ3v) is 8.63. The van der Waals surface area contributed by atoms with Crippen LogP contribution in [-0.4, -0.2) is 46.5 Å². The number of hydrogen-bond acceptors (Lipinski definition) is 5. The van der Waals surface area contributed by atoms with Gasteiger partial charge in [0.15, 0.2) is 0 Å². The van der Waals surface area contributed by atoms with Gasteiger partial charge in [0.25, 0.3) is 15.9 Å². The summed E-state index contributed by atoms with van der Waals surface area (Å²) in [6.07, 6.45) is 2.31. The van der Waals surface area contributed by atoms with E-state index in [9.17, 15) is 13.2 Å². The summed E-state index contributed by atoms with van der Waals surface area (Å²) in [7, 11) is -0.578. The van der Waals surface area contributed by atoms with E-state index in [0.717, 1.165) is 24.0 Å². The number of hydrogen-bond donors (Lipinski definition) is 0. The Morgan fingerprint density at radius 2 is 1.77 bits per heavy atom. The summed E-state index contributed by atoms with van der Waals surface area (Å²) in [6, 6.07) is 19.3. The quantitative estimate of drug-likeness (QED) is 0.509. The van der Waals surface area contributed by atoms with Crippen LogP contribution in [0.1, 0.15) is 40.4 Å². The molecule has 1 amide bonds. The minimum Gasteiger partial charge on any atom is -0.497 e. The summed E-state index contributed by atoms with van der Waals surface area (Å²) in [5, 5.41) is 0. The molecule has 5 rings (SSSR count). The van der Waals surface area contributed by atoms with Gasteiger partial charge in [0.2, 0.25) is 0 Å². The smallest absolute Gasteiger partial charge is 0.264 e. The highest BCUT2D eigenvalue weighted by Gasteiger charge is 2.34. The molecule has 0 aliphatic carbocycles. The molecule has 182 valence electrons. The maximum absolute atomic E-state index is 13.6. The molecular weight excluding hydrogens is 464 g/mol. The van der Waals surface area contributed by atoms with Gasteiger partial charge < -0.3 is 14.4 Å². The van der Waals surface area contributed by atoms with Gasteiger partial charge >= 0.3 is 0 Å². The van der Waals surface area contributed by atoms with Crippen LogP contribution >= 0.6 is 0 Å². The summed E-state index contributed by atoms with van der Waals surface area (Å²) in [4.78, 5) is 15.5. The average molecular weight is 493 g/mol. The van der Waals surface area contributed by atoms with Gasteiger partial charge in [0.1, 0.15) is 11.5 Å². The van der Waals surface area contributed by atoms with Crippen LogP contribution in [0.3, 0.4) is 0 Å². The van der Waals surface area contributed by atoms with Crippen molar-refractivity contribution in [3.05, 3.63) is 83.4 Å². The molecular formula is C27H28N2O5S. The van der Waals surface area contributed by atoms with E-state index in [1.54, 1.807) is 37.3 Å². The van der Waals surface area contributed by atoms with E-state index in [1.807, 2.05) is 42.5 Å². The van der Waals surface area contributed by atoms with Gasteiger partial charge in [0, 0.05) is 24.2 Å². The van der Waals surface area contributed by atoms with Crippen molar-refractivity contribution in [1.82, 2.24) is 4.90 Å².